The average molecular weight is 239 g/mol. The lowest BCUT2D eigenvalue weighted by molar-refractivity contribution is 0.285. The molecule has 102 valence electrons. The molecule has 1 aliphatic rings. The van der Waals surface area contributed by atoms with Gasteiger partial charge in [-0.3, -0.25) is 0 Å². The zero-order valence-electron chi connectivity index (χ0n) is 12.1. The molecule has 0 aliphatic heterocycles. The molecular weight excluding hydrogens is 206 g/mol. The average Bonchev–Trinajstić information content (AvgIpc) is 2.38. The zero-order chi connectivity index (χ0) is 12.3. The van der Waals surface area contributed by atoms with E-state index in [2.05, 4.69) is 19.2 Å². The zero-order valence-corrected chi connectivity index (χ0v) is 12.1. The third-order valence-electron chi connectivity index (χ3n) is 4.39. The van der Waals surface area contributed by atoms with Gasteiger partial charge < -0.3 is 5.32 Å². The van der Waals surface area contributed by atoms with Crippen molar-refractivity contribution in [1.82, 2.24) is 5.32 Å². The summed E-state index contributed by atoms with van der Waals surface area (Å²) >= 11 is 0. The summed E-state index contributed by atoms with van der Waals surface area (Å²) in [5, 5.41) is 3.76. The Morgan fingerprint density at radius 1 is 0.824 bits per heavy atom. The molecule has 0 atom stereocenters. The van der Waals surface area contributed by atoms with E-state index in [-0.39, 0.29) is 0 Å². The van der Waals surface area contributed by atoms with Gasteiger partial charge >= 0.3 is 0 Å². The SMILES string of the molecule is CCCCCCCCNC1CCC(CC)CC1. The highest BCUT2D eigenvalue weighted by Crippen LogP contribution is 2.26. The number of unbranched alkanes of at least 4 members (excludes halogenated alkanes) is 5. The lowest BCUT2D eigenvalue weighted by atomic mass is 9.84. The molecule has 0 saturated heterocycles. The Hall–Kier alpha value is -0.0400. The maximum absolute atomic E-state index is 3.76. The van der Waals surface area contributed by atoms with Crippen molar-refractivity contribution in [3.05, 3.63) is 0 Å². The summed E-state index contributed by atoms with van der Waals surface area (Å²) in [5.74, 6) is 1.03. The second-order valence-electron chi connectivity index (χ2n) is 5.85. The first-order valence-electron chi connectivity index (χ1n) is 8.10. The highest BCUT2D eigenvalue weighted by molar-refractivity contribution is 4.76. The minimum absolute atomic E-state index is 0.841. The lowest BCUT2D eigenvalue weighted by Gasteiger charge is -2.28. The predicted octanol–water partition coefficient (Wildman–Crippen LogP) is 4.91. The van der Waals surface area contributed by atoms with E-state index in [4.69, 9.17) is 0 Å². The largest absolute Gasteiger partial charge is 0.314 e. The fourth-order valence-electron chi connectivity index (χ4n) is 2.99. The molecule has 0 unspecified atom stereocenters. The van der Waals surface area contributed by atoms with Gasteiger partial charge in [-0.1, -0.05) is 52.4 Å². The normalized spacial score (nSPS) is 25.1. The Morgan fingerprint density at radius 3 is 2.12 bits per heavy atom. The summed E-state index contributed by atoms with van der Waals surface area (Å²) in [6.07, 6.45) is 15.7. The van der Waals surface area contributed by atoms with E-state index in [0.29, 0.717) is 0 Å². The first kappa shape index (κ1) is 15.0. The van der Waals surface area contributed by atoms with Gasteiger partial charge in [0, 0.05) is 6.04 Å². The van der Waals surface area contributed by atoms with Gasteiger partial charge in [-0.05, 0) is 44.6 Å². The van der Waals surface area contributed by atoms with Crippen LogP contribution < -0.4 is 5.32 Å². The van der Waals surface area contributed by atoms with Crippen molar-refractivity contribution in [3.8, 4) is 0 Å². The van der Waals surface area contributed by atoms with Crippen molar-refractivity contribution < 1.29 is 0 Å². The molecule has 0 bridgehead atoms. The quantitative estimate of drug-likeness (QED) is 0.564. The van der Waals surface area contributed by atoms with Crippen molar-refractivity contribution >= 4 is 0 Å². The molecule has 1 aliphatic carbocycles. The van der Waals surface area contributed by atoms with Gasteiger partial charge in [0.15, 0.2) is 0 Å². The third kappa shape index (κ3) is 7.08. The molecule has 0 aromatic heterocycles. The number of nitrogens with one attached hydrogen (secondary N) is 1. The van der Waals surface area contributed by atoms with Crippen LogP contribution in [0.4, 0.5) is 0 Å². The minimum Gasteiger partial charge on any atom is -0.314 e. The molecule has 0 spiro atoms. The smallest absolute Gasteiger partial charge is 0.00672 e. The fourth-order valence-corrected chi connectivity index (χ4v) is 2.99. The molecule has 1 N–H and O–H groups in total. The van der Waals surface area contributed by atoms with E-state index in [9.17, 15) is 0 Å². The Labute approximate surface area is 109 Å². The van der Waals surface area contributed by atoms with Gasteiger partial charge in [-0.2, -0.15) is 0 Å². The van der Waals surface area contributed by atoms with Crippen LogP contribution in [-0.4, -0.2) is 12.6 Å². The van der Waals surface area contributed by atoms with Gasteiger partial charge in [0.1, 0.15) is 0 Å². The summed E-state index contributed by atoms with van der Waals surface area (Å²) in [6, 6.07) is 0.841. The monoisotopic (exact) mass is 239 g/mol. The molecule has 0 aromatic carbocycles. The highest BCUT2D eigenvalue weighted by Gasteiger charge is 2.18. The van der Waals surface area contributed by atoms with Crippen molar-refractivity contribution in [1.29, 1.82) is 0 Å². The van der Waals surface area contributed by atoms with Gasteiger partial charge in [0.2, 0.25) is 0 Å². The van der Waals surface area contributed by atoms with E-state index < -0.39 is 0 Å². The van der Waals surface area contributed by atoms with Crippen LogP contribution in [0.25, 0.3) is 0 Å². The number of rotatable bonds is 9. The molecule has 1 nitrogen and oxygen atoms in total. The Bertz CT molecular complexity index is 159. The van der Waals surface area contributed by atoms with Gasteiger partial charge in [-0.25, -0.2) is 0 Å². The standard InChI is InChI=1S/C16H33N/c1-3-5-6-7-8-9-14-17-16-12-10-15(4-2)11-13-16/h15-17H,3-14H2,1-2H3. The first-order chi connectivity index (χ1) is 8.36. The highest BCUT2D eigenvalue weighted by atomic mass is 14.9. The van der Waals surface area contributed by atoms with Crippen LogP contribution in [0.2, 0.25) is 0 Å². The minimum atomic E-state index is 0.841. The van der Waals surface area contributed by atoms with Gasteiger partial charge in [-0.15, -0.1) is 0 Å². The third-order valence-corrected chi connectivity index (χ3v) is 4.39. The molecule has 0 aromatic rings. The maximum atomic E-state index is 3.76. The Balaban J connectivity index is 1.87. The second kappa shape index (κ2) is 9.94. The maximum Gasteiger partial charge on any atom is 0.00672 e. The van der Waals surface area contributed by atoms with E-state index in [1.165, 1.54) is 77.2 Å². The van der Waals surface area contributed by atoms with E-state index in [1.807, 2.05) is 0 Å². The molecule has 0 heterocycles. The first-order valence-corrected chi connectivity index (χ1v) is 8.10. The fraction of sp³-hybridized carbons (Fsp3) is 1.00. The van der Waals surface area contributed by atoms with E-state index in [0.717, 1.165) is 12.0 Å². The lowest BCUT2D eigenvalue weighted by Crippen LogP contribution is -2.33. The molecule has 1 fully saturated rings. The molecule has 1 saturated carbocycles. The van der Waals surface area contributed by atoms with Crippen LogP contribution in [0.5, 0.6) is 0 Å². The topological polar surface area (TPSA) is 12.0 Å². The summed E-state index contributed by atoms with van der Waals surface area (Å²) in [6.45, 7) is 5.89. The van der Waals surface area contributed by atoms with Gasteiger partial charge in [0.25, 0.3) is 0 Å². The van der Waals surface area contributed by atoms with Crippen LogP contribution in [0, 0.1) is 5.92 Å². The van der Waals surface area contributed by atoms with E-state index in [1.54, 1.807) is 0 Å². The molecule has 1 heteroatoms. The van der Waals surface area contributed by atoms with Gasteiger partial charge in [0.05, 0.1) is 0 Å². The van der Waals surface area contributed by atoms with Crippen LogP contribution in [0.1, 0.15) is 84.5 Å². The van der Waals surface area contributed by atoms with Crippen LogP contribution in [-0.2, 0) is 0 Å². The van der Waals surface area contributed by atoms with Crippen molar-refractivity contribution in [2.45, 2.75) is 90.5 Å². The van der Waals surface area contributed by atoms with Crippen molar-refractivity contribution in [3.63, 3.8) is 0 Å². The molecule has 0 radical (unpaired) electrons. The summed E-state index contributed by atoms with van der Waals surface area (Å²) < 4.78 is 0. The summed E-state index contributed by atoms with van der Waals surface area (Å²) in [4.78, 5) is 0. The van der Waals surface area contributed by atoms with Crippen LogP contribution >= 0.6 is 0 Å². The number of hydrogen-bond acceptors (Lipinski definition) is 1. The van der Waals surface area contributed by atoms with E-state index >= 15 is 0 Å². The Kier molecular flexibility index (Phi) is 8.78. The predicted molar refractivity (Wildman–Crippen MR) is 77.4 cm³/mol. The Morgan fingerprint density at radius 2 is 1.47 bits per heavy atom. The van der Waals surface area contributed by atoms with Crippen molar-refractivity contribution in [2.75, 3.05) is 6.54 Å². The molecule has 17 heavy (non-hydrogen) atoms. The second-order valence-corrected chi connectivity index (χ2v) is 5.85. The molecular formula is C16H33N. The number of hydrogen-bond donors (Lipinski definition) is 1. The van der Waals surface area contributed by atoms with Crippen molar-refractivity contribution in [2.24, 2.45) is 5.92 Å². The summed E-state index contributed by atoms with van der Waals surface area (Å²) in [5.41, 5.74) is 0. The van der Waals surface area contributed by atoms with Crippen LogP contribution in [0.3, 0.4) is 0 Å². The van der Waals surface area contributed by atoms with Crippen LogP contribution in [0.15, 0.2) is 0 Å². The molecule has 1 rings (SSSR count). The summed E-state index contributed by atoms with van der Waals surface area (Å²) in [7, 11) is 0. The molecule has 0 amide bonds.